The molecule has 1 N–H and O–H groups in total. The molecule has 0 radical (unpaired) electrons. The Hall–Kier alpha value is -0.960. The monoisotopic (exact) mass is 219 g/mol. The molecule has 16 heavy (non-hydrogen) atoms. The summed E-state index contributed by atoms with van der Waals surface area (Å²) >= 11 is 0. The summed E-state index contributed by atoms with van der Waals surface area (Å²) in [6.07, 6.45) is 9.87. The van der Waals surface area contributed by atoms with E-state index in [1.54, 1.807) is 0 Å². The van der Waals surface area contributed by atoms with E-state index in [0.717, 1.165) is 24.6 Å². The Morgan fingerprint density at radius 2 is 2.19 bits per heavy atom. The van der Waals surface area contributed by atoms with Crippen LogP contribution < -0.4 is 5.32 Å². The number of rotatable bonds is 4. The third kappa shape index (κ3) is 3.27. The smallest absolute Gasteiger partial charge is 0.128 e. The summed E-state index contributed by atoms with van der Waals surface area (Å²) < 4.78 is 0. The van der Waals surface area contributed by atoms with Crippen molar-refractivity contribution < 1.29 is 0 Å². The lowest BCUT2D eigenvalue weighted by molar-refractivity contribution is 0.356. The maximum atomic E-state index is 4.40. The number of aromatic nitrogens is 2. The Morgan fingerprint density at radius 1 is 1.38 bits per heavy atom. The van der Waals surface area contributed by atoms with E-state index < -0.39 is 0 Å². The van der Waals surface area contributed by atoms with Gasteiger partial charge in [-0.25, -0.2) is 9.97 Å². The van der Waals surface area contributed by atoms with Crippen molar-refractivity contribution in [3.05, 3.63) is 23.8 Å². The summed E-state index contributed by atoms with van der Waals surface area (Å²) in [6.45, 7) is 4.50. The first-order valence-corrected chi connectivity index (χ1v) is 6.39. The van der Waals surface area contributed by atoms with Crippen molar-refractivity contribution in [3.63, 3.8) is 0 Å². The predicted octanol–water partition coefficient (Wildman–Crippen LogP) is 1.97. The molecule has 2 heterocycles. The lowest BCUT2D eigenvalue weighted by Crippen LogP contribution is -2.30. The van der Waals surface area contributed by atoms with Gasteiger partial charge in [-0.3, -0.25) is 0 Å². The maximum Gasteiger partial charge on any atom is 0.128 e. The van der Waals surface area contributed by atoms with Gasteiger partial charge in [0.15, 0.2) is 0 Å². The SMILES string of the molecule is CCc1cnc(CCC2CCCNC2)nc1. The molecule has 0 aromatic carbocycles. The van der Waals surface area contributed by atoms with Gasteiger partial charge in [0.1, 0.15) is 5.82 Å². The molecule has 0 amide bonds. The van der Waals surface area contributed by atoms with Crippen LogP contribution in [0.5, 0.6) is 0 Å². The van der Waals surface area contributed by atoms with E-state index in [9.17, 15) is 0 Å². The van der Waals surface area contributed by atoms with Gasteiger partial charge < -0.3 is 5.32 Å². The van der Waals surface area contributed by atoms with Gasteiger partial charge in [-0.15, -0.1) is 0 Å². The Bertz CT molecular complexity index is 301. The Morgan fingerprint density at radius 3 is 2.81 bits per heavy atom. The summed E-state index contributed by atoms with van der Waals surface area (Å²) in [7, 11) is 0. The number of aryl methyl sites for hydroxylation is 2. The molecular formula is C13H21N3. The average molecular weight is 219 g/mol. The first-order chi connectivity index (χ1) is 7.88. The second-order valence-corrected chi connectivity index (χ2v) is 4.61. The summed E-state index contributed by atoms with van der Waals surface area (Å²) in [5.74, 6) is 1.82. The number of nitrogens with one attached hydrogen (secondary N) is 1. The quantitative estimate of drug-likeness (QED) is 0.841. The Labute approximate surface area is 97.7 Å². The fraction of sp³-hybridized carbons (Fsp3) is 0.692. The number of piperidine rings is 1. The molecule has 1 aliphatic rings. The zero-order valence-electron chi connectivity index (χ0n) is 10.1. The van der Waals surface area contributed by atoms with Crippen molar-refractivity contribution in [2.45, 2.75) is 39.0 Å². The molecule has 2 rings (SSSR count). The number of nitrogens with zero attached hydrogens (tertiary/aromatic N) is 2. The summed E-state index contributed by atoms with van der Waals surface area (Å²) in [4.78, 5) is 8.80. The van der Waals surface area contributed by atoms with Crippen LogP contribution in [-0.2, 0) is 12.8 Å². The molecule has 0 bridgehead atoms. The molecule has 1 fully saturated rings. The highest BCUT2D eigenvalue weighted by Gasteiger charge is 2.13. The second kappa shape index (κ2) is 5.94. The molecule has 0 spiro atoms. The predicted molar refractivity (Wildman–Crippen MR) is 65.3 cm³/mol. The van der Waals surface area contributed by atoms with E-state index in [1.807, 2.05) is 12.4 Å². The third-order valence-electron chi connectivity index (χ3n) is 3.34. The van der Waals surface area contributed by atoms with Gasteiger partial charge in [0, 0.05) is 18.8 Å². The van der Waals surface area contributed by atoms with Crippen molar-refractivity contribution in [1.82, 2.24) is 15.3 Å². The fourth-order valence-corrected chi connectivity index (χ4v) is 2.20. The van der Waals surface area contributed by atoms with Crippen LogP contribution in [0.25, 0.3) is 0 Å². The molecule has 1 aliphatic heterocycles. The topological polar surface area (TPSA) is 37.8 Å². The first-order valence-electron chi connectivity index (χ1n) is 6.39. The van der Waals surface area contributed by atoms with Gasteiger partial charge in [0.25, 0.3) is 0 Å². The lowest BCUT2D eigenvalue weighted by atomic mass is 9.94. The van der Waals surface area contributed by atoms with Crippen molar-refractivity contribution >= 4 is 0 Å². The average Bonchev–Trinajstić information content (AvgIpc) is 2.38. The zero-order chi connectivity index (χ0) is 11.2. The van der Waals surface area contributed by atoms with Gasteiger partial charge in [0.2, 0.25) is 0 Å². The molecule has 0 saturated carbocycles. The van der Waals surface area contributed by atoms with E-state index in [0.29, 0.717) is 0 Å². The highest BCUT2D eigenvalue weighted by Crippen LogP contribution is 2.15. The highest BCUT2D eigenvalue weighted by atomic mass is 14.9. The molecule has 0 aliphatic carbocycles. The van der Waals surface area contributed by atoms with E-state index in [1.165, 1.54) is 37.9 Å². The Balaban J connectivity index is 1.79. The fourth-order valence-electron chi connectivity index (χ4n) is 2.20. The van der Waals surface area contributed by atoms with Crippen LogP contribution in [0.2, 0.25) is 0 Å². The largest absolute Gasteiger partial charge is 0.316 e. The second-order valence-electron chi connectivity index (χ2n) is 4.61. The zero-order valence-corrected chi connectivity index (χ0v) is 10.1. The molecule has 1 aromatic rings. The van der Waals surface area contributed by atoms with Crippen LogP contribution in [-0.4, -0.2) is 23.1 Å². The van der Waals surface area contributed by atoms with Crippen molar-refractivity contribution in [1.29, 1.82) is 0 Å². The number of hydrogen-bond donors (Lipinski definition) is 1. The van der Waals surface area contributed by atoms with E-state index in [-0.39, 0.29) is 0 Å². The van der Waals surface area contributed by atoms with Crippen LogP contribution in [0.4, 0.5) is 0 Å². The van der Waals surface area contributed by atoms with Crippen molar-refractivity contribution in [2.75, 3.05) is 13.1 Å². The van der Waals surface area contributed by atoms with E-state index in [4.69, 9.17) is 0 Å². The summed E-state index contributed by atoms with van der Waals surface area (Å²) in [6, 6.07) is 0. The van der Waals surface area contributed by atoms with Crippen molar-refractivity contribution in [3.8, 4) is 0 Å². The highest BCUT2D eigenvalue weighted by molar-refractivity contribution is 5.04. The van der Waals surface area contributed by atoms with Gasteiger partial charge in [-0.1, -0.05) is 6.92 Å². The van der Waals surface area contributed by atoms with Gasteiger partial charge in [-0.2, -0.15) is 0 Å². The molecule has 3 heteroatoms. The van der Waals surface area contributed by atoms with Gasteiger partial charge in [0.05, 0.1) is 0 Å². The van der Waals surface area contributed by atoms with Crippen LogP contribution >= 0.6 is 0 Å². The third-order valence-corrected chi connectivity index (χ3v) is 3.34. The molecule has 88 valence electrons. The lowest BCUT2D eigenvalue weighted by Gasteiger charge is -2.22. The van der Waals surface area contributed by atoms with Crippen LogP contribution in [0.15, 0.2) is 12.4 Å². The molecule has 1 saturated heterocycles. The van der Waals surface area contributed by atoms with Crippen LogP contribution in [0, 0.1) is 5.92 Å². The summed E-state index contributed by atoms with van der Waals surface area (Å²) in [5.41, 5.74) is 1.23. The molecular weight excluding hydrogens is 198 g/mol. The summed E-state index contributed by atoms with van der Waals surface area (Å²) in [5, 5.41) is 3.45. The molecule has 1 unspecified atom stereocenters. The van der Waals surface area contributed by atoms with Crippen LogP contribution in [0.3, 0.4) is 0 Å². The minimum Gasteiger partial charge on any atom is -0.316 e. The molecule has 1 aromatic heterocycles. The van der Waals surface area contributed by atoms with Gasteiger partial charge >= 0.3 is 0 Å². The van der Waals surface area contributed by atoms with E-state index in [2.05, 4.69) is 22.2 Å². The maximum absolute atomic E-state index is 4.40. The minimum absolute atomic E-state index is 0.822. The molecule has 3 nitrogen and oxygen atoms in total. The first kappa shape index (κ1) is 11.5. The normalized spacial score (nSPS) is 20.9. The van der Waals surface area contributed by atoms with Gasteiger partial charge in [-0.05, 0) is 50.3 Å². The van der Waals surface area contributed by atoms with Crippen molar-refractivity contribution in [2.24, 2.45) is 5.92 Å². The number of hydrogen-bond acceptors (Lipinski definition) is 3. The minimum atomic E-state index is 0.822. The Kier molecular flexibility index (Phi) is 4.28. The van der Waals surface area contributed by atoms with Crippen LogP contribution in [0.1, 0.15) is 37.6 Å². The standard InChI is InChI=1S/C13H21N3/c1-2-11-9-15-13(16-10-11)6-5-12-4-3-7-14-8-12/h9-10,12,14H,2-8H2,1H3. The van der Waals surface area contributed by atoms with E-state index >= 15 is 0 Å². The molecule has 1 atom stereocenters.